The Balaban J connectivity index is 0.950. The van der Waals surface area contributed by atoms with Crippen LogP contribution in [-0.2, 0) is 42.1 Å². The Morgan fingerprint density at radius 3 is 2.34 bits per heavy atom. The molecule has 3 aromatic carbocycles. The molecule has 8 fully saturated rings. The largest absolute Gasteiger partial charge is 0.507 e. The zero-order valence-electron chi connectivity index (χ0n) is 56.1. The second-order valence-corrected chi connectivity index (χ2v) is 32.4. The molecular formula is C81H102N2O12. The number of fused-ring (bicyclic) bond motifs is 12. The first-order valence-corrected chi connectivity index (χ1v) is 37.2. The van der Waals surface area contributed by atoms with Gasteiger partial charge in [0.05, 0.1) is 42.2 Å². The van der Waals surface area contributed by atoms with Crippen LogP contribution < -0.4 is 15.4 Å². The Bertz CT molecular complexity index is 3600. The number of aliphatic hydroxyl groups is 5. The molecule has 0 unspecified atom stereocenters. The average Bonchev–Trinajstić information content (AvgIpc) is 1.25. The van der Waals surface area contributed by atoms with Gasteiger partial charge in [0.15, 0.2) is 0 Å². The standard InChI is InChI=1S/C81H102N2O12/c1-78(91)46-83-60-37-55(36-57(38-60)75(88)79(31-27-49(44-79)45-82-2)30-26-47-18-24-67-54(32-47)21-25-68(93-67)76(78)89)51-19-20-52-43-71(86)95-74-61(52)40-56(73(87)72(74)50-13-5-3-6-14-50)42-70-81(92)64-17-8-7-15-53(64)39-62-63(66(84)23-22-65(62)81)34-48-12-11-16-59(33-48)80(28-9-4-10-29-80)69(85)41-58(35-51)77(90)94-70/h11-12,16,33,36-38,40-41,47,49-54,62-65,67-70,75-76,82-83,85,87-89,91-92H,3-10,13-15,17-18,21-25,27-29,31-32,34-35,39,42-46H2,1-2H3/b58-41-/t47-,49-,51-,52+,53+,54+,62-,63+,64-,65-,67-,68+,69-,70+,75-,76-,78-,79-,81-/m0/s1. The number of rotatable bonds is 4. The lowest BCUT2D eigenvalue weighted by Crippen LogP contribution is -2.65. The van der Waals surface area contributed by atoms with E-state index < -0.39 is 82.2 Å². The molecule has 0 radical (unpaired) electrons. The second-order valence-electron chi connectivity index (χ2n) is 32.4. The minimum absolute atomic E-state index is 0.0154. The Kier molecular flexibility index (Phi) is 18.1. The summed E-state index contributed by atoms with van der Waals surface area (Å²) in [7, 11) is 1.96. The molecule has 508 valence electrons. The number of carbonyl (C=O) groups excluding carboxylic acids is 3. The summed E-state index contributed by atoms with van der Waals surface area (Å²) >= 11 is 0. The van der Waals surface area contributed by atoms with E-state index >= 15 is 4.79 Å². The van der Waals surface area contributed by atoms with Gasteiger partial charge in [-0.15, -0.1) is 0 Å². The van der Waals surface area contributed by atoms with Crippen LogP contribution in [0.1, 0.15) is 243 Å². The molecule has 3 aromatic rings. The zero-order valence-corrected chi connectivity index (χ0v) is 56.1. The number of Topliss-reactive ketones (excluding diaryl/α,β-unsaturated/α-hetero) is 1. The van der Waals surface area contributed by atoms with Crippen LogP contribution in [0.25, 0.3) is 0 Å². The van der Waals surface area contributed by atoms with Crippen molar-refractivity contribution >= 4 is 23.4 Å². The molecule has 14 heteroatoms. The van der Waals surface area contributed by atoms with Crippen molar-refractivity contribution in [1.82, 2.24) is 5.32 Å². The summed E-state index contributed by atoms with van der Waals surface area (Å²) in [5.74, 6) is 11.9. The Hall–Kier alpha value is -5.55. The topological polar surface area (TPSA) is 224 Å². The molecule has 14 aliphatic rings. The Morgan fingerprint density at radius 1 is 0.726 bits per heavy atom. The quantitative estimate of drug-likeness (QED) is 0.0691. The first kappa shape index (κ1) is 65.4. The minimum atomic E-state index is -1.67. The number of esters is 2. The first-order chi connectivity index (χ1) is 45.9. The summed E-state index contributed by atoms with van der Waals surface area (Å²) in [5.41, 5.74) is 0.645. The summed E-state index contributed by atoms with van der Waals surface area (Å²) in [6.07, 6.45) is 16.2. The molecule has 0 aromatic heterocycles. The highest BCUT2D eigenvalue weighted by atomic mass is 16.6. The fourth-order valence-electron chi connectivity index (χ4n) is 21.7. The fraction of sp³-hybridized carbons (Fsp3) is 0.667. The average molecular weight is 1300 g/mol. The van der Waals surface area contributed by atoms with E-state index in [4.69, 9.17) is 14.2 Å². The molecule has 7 saturated carbocycles. The van der Waals surface area contributed by atoms with Gasteiger partial charge >= 0.3 is 11.9 Å². The highest BCUT2D eigenvalue weighted by Crippen LogP contribution is 2.60. The highest BCUT2D eigenvalue weighted by molar-refractivity contribution is 5.89. The molecule has 17 rings (SSSR count). The molecule has 7 heterocycles. The van der Waals surface area contributed by atoms with Crippen LogP contribution >= 0.6 is 0 Å². The number of carbonyl (C=O) groups is 3. The maximum atomic E-state index is 16.7. The molecule has 16 bridgehead atoms. The normalized spacial score (nSPS) is 39.9. The van der Waals surface area contributed by atoms with Crippen molar-refractivity contribution in [2.45, 2.75) is 264 Å². The van der Waals surface area contributed by atoms with E-state index in [1.165, 1.54) is 0 Å². The van der Waals surface area contributed by atoms with Crippen molar-refractivity contribution in [2.75, 3.05) is 25.5 Å². The molecule has 8 N–H and O–H groups in total. The predicted octanol–water partition coefficient (Wildman–Crippen LogP) is 11.9. The summed E-state index contributed by atoms with van der Waals surface area (Å²) in [5, 5.41) is 86.4. The number of hydrogen-bond acceptors (Lipinski definition) is 14. The van der Waals surface area contributed by atoms with Crippen molar-refractivity contribution in [3.63, 3.8) is 0 Å². The van der Waals surface area contributed by atoms with Crippen LogP contribution in [0.15, 0.2) is 60.2 Å². The monoisotopic (exact) mass is 1290 g/mol. The van der Waals surface area contributed by atoms with Crippen LogP contribution in [0.5, 0.6) is 11.5 Å². The number of phenolic OH excluding ortho intramolecular Hbond substituents is 1. The van der Waals surface area contributed by atoms with Gasteiger partial charge in [-0.05, 0) is 223 Å². The van der Waals surface area contributed by atoms with Gasteiger partial charge in [-0.25, -0.2) is 4.79 Å². The first-order valence-electron chi connectivity index (χ1n) is 37.2. The SMILES string of the molecule is CNC[C@H]1CC[C@@]2(C#C[C@@H]3CC[C@@H]4O[C@H](CC[C@@H]4C3)[C@H](O)[C@@](C)(O)CNc3cc([C@H]4C#C[C@@H]5CC(=O)Oc6c5cc(c(O)c6C5CCCCC5)C[C@H]5OC(=O)/C(=C\[C@H](O)C6(CCCCC6)c6cccc(c6)C[C@H]6C(=O)CC[C@H]7[C@H]6C[C@H]6CCCC[C@@H]6[C@@]57O)C4)cc(c3)[C@@H]2O)C1. The molecule has 7 aliphatic carbocycles. The fourth-order valence-corrected chi connectivity index (χ4v) is 21.7. The van der Waals surface area contributed by atoms with Gasteiger partial charge in [0.25, 0.3) is 0 Å². The summed E-state index contributed by atoms with van der Waals surface area (Å²) < 4.78 is 20.4. The second kappa shape index (κ2) is 26.3. The molecule has 95 heavy (non-hydrogen) atoms. The van der Waals surface area contributed by atoms with E-state index in [9.17, 15) is 40.2 Å². The van der Waals surface area contributed by atoms with Crippen molar-refractivity contribution in [1.29, 1.82) is 0 Å². The molecule has 1 saturated heterocycles. The van der Waals surface area contributed by atoms with E-state index in [1.54, 1.807) is 13.0 Å². The van der Waals surface area contributed by atoms with E-state index in [0.29, 0.717) is 90.6 Å². The third kappa shape index (κ3) is 12.1. The lowest BCUT2D eigenvalue weighted by atomic mass is 9.48. The van der Waals surface area contributed by atoms with Crippen LogP contribution in [0.2, 0.25) is 0 Å². The van der Waals surface area contributed by atoms with E-state index in [2.05, 4.69) is 58.6 Å². The van der Waals surface area contributed by atoms with Crippen molar-refractivity contribution < 1.29 is 59.2 Å². The number of aromatic hydroxyl groups is 1. The lowest BCUT2D eigenvalue weighted by molar-refractivity contribution is -0.228. The minimum Gasteiger partial charge on any atom is -0.507 e. The number of phenols is 1. The van der Waals surface area contributed by atoms with Crippen molar-refractivity contribution in [3.8, 4) is 35.2 Å². The zero-order chi connectivity index (χ0) is 65.5. The third-order valence-electron chi connectivity index (χ3n) is 26.7. The Labute approximate surface area is 561 Å². The molecule has 0 amide bonds. The van der Waals surface area contributed by atoms with Crippen LogP contribution in [-0.4, -0.2) is 110 Å². The molecule has 7 aliphatic heterocycles. The Morgan fingerprint density at radius 2 is 1.51 bits per heavy atom. The number of hydrogen-bond donors (Lipinski definition) is 8. The number of ketones is 1. The number of benzene rings is 3. The van der Waals surface area contributed by atoms with Crippen LogP contribution in [0, 0.1) is 76.4 Å². The summed E-state index contributed by atoms with van der Waals surface area (Å²) in [6.45, 7) is 2.33. The van der Waals surface area contributed by atoms with Gasteiger partial charge < -0.3 is 55.5 Å². The summed E-state index contributed by atoms with van der Waals surface area (Å²) in [4.78, 5) is 45.8. The molecular weight excluding hydrogens is 1190 g/mol. The van der Waals surface area contributed by atoms with Gasteiger partial charge in [-0.1, -0.05) is 112 Å². The lowest BCUT2D eigenvalue weighted by Gasteiger charge is -2.59. The van der Waals surface area contributed by atoms with Gasteiger partial charge in [0.2, 0.25) is 0 Å². The van der Waals surface area contributed by atoms with E-state index in [0.717, 1.165) is 127 Å². The third-order valence-corrected chi connectivity index (χ3v) is 26.7. The maximum absolute atomic E-state index is 16.7. The van der Waals surface area contributed by atoms with Crippen LogP contribution in [0.4, 0.5) is 5.69 Å². The van der Waals surface area contributed by atoms with Gasteiger partial charge in [-0.2, -0.15) is 0 Å². The van der Waals surface area contributed by atoms with Gasteiger partial charge in [0.1, 0.15) is 40.7 Å². The molecule has 14 nitrogen and oxygen atoms in total. The maximum Gasteiger partial charge on any atom is 0.334 e. The predicted molar refractivity (Wildman–Crippen MR) is 361 cm³/mol. The molecule has 19 atom stereocenters. The highest BCUT2D eigenvalue weighted by Gasteiger charge is 2.63. The number of ether oxygens (including phenoxy) is 3. The van der Waals surface area contributed by atoms with Crippen molar-refractivity contribution in [2.24, 2.45) is 52.8 Å². The molecule has 2 spiro atoms. The van der Waals surface area contributed by atoms with Crippen LogP contribution in [0.3, 0.4) is 0 Å². The van der Waals surface area contributed by atoms with E-state index in [1.807, 2.05) is 31.3 Å². The summed E-state index contributed by atoms with van der Waals surface area (Å²) in [6, 6.07) is 16.3. The van der Waals surface area contributed by atoms with E-state index in [-0.39, 0.29) is 103 Å². The smallest absolute Gasteiger partial charge is 0.334 e. The van der Waals surface area contributed by atoms with Gasteiger partial charge in [-0.3, -0.25) is 9.59 Å². The number of anilines is 1. The number of aliphatic hydroxyl groups excluding tert-OH is 3. The van der Waals surface area contributed by atoms with Gasteiger partial charge in [0, 0.05) is 64.9 Å². The van der Waals surface area contributed by atoms with Crippen molar-refractivity contribution in [3.05, 3.63) is 99.1 Å². The number of nitrogens with one attached hydrogen (secondary N) is 2.